The van der Waals surface area contributed by atoms with Crippen LogP contribution in [0.2, 0.25) is 0 Å². The third-order valence-electron chi connectivity index (χ3n) is 3.35. The van der Waals surface area contributed by atoms with Crippen molar-refractivity contribution in [2.75, 3.05) is 7.05 Å². The topological polar surface area (TPSA) is 103 Å². The van der Waals surface area contributed by atoms with Crippen molar-refractivity contribution in [2.24, 2.45) is 0 Å². The average molecular weight is 313 g/mol. The quantitative estimate of drug-likeness (QED) is 0.831. The Balaban J connectivity index is 1.83. The number of fused-ring (bicyclic) bond motifs is 1. The van der Waals surface area contributed by atoms with E-state index in [1.54, 1.807) is 18.6 Å². The average Bonchev–Trinajstić information content (AvgIpc) is 3.03. The standard InChI is InChI=1S/C12H15N3O5S/c1-13-21(17,18)20-12-10(16)6-11(19-12)15-5-3-8-7-14-4-2-9(8)15/h2-5,7,10-13,16H,6H2,1H3/t10-,11+,12+/m0/s1. The van der Waals surface area contributed by atoms with Crippen LogP contribution in [0.1, 0.15) is 12.6 Å². The minimum Gasteiger partial charge on any atom is -0.388 e. The molecule has 0 bridgehead atoms. The molecule has 1 saturated heterocycles. The van der Waals surface area contributed by atoms with Crippen molar-refractivity contribution in [1.82, 2.24) is 14.3 Å². The van der Waals surface area contributed by atoms with E-state index in [0.29, 0.717) is 0 Å². The summed E-state index contributed by atoms with van der Waals surface area (Å²) >= 11 is 0. The largest absolute Gasteiger partial charge is 0.388 e. The fraction of sp³-hybridized carbons (Fsp3) is 0.417. The van der Waals surface area contributed by atoms with Crippen LogP contribution in [0.4, 0.5) is 0 Å². The van der Waals surface area contributed by atoms with Gasteiger partial charge in [0.15, 0.2) is 0 Å². The zero-order valence-electron chi connectivity index (χ0n) is 11.2. The van der Waals surface area contributed by atoms with Gasteiger partial charge in [-0.15, -0.1) is 0 Å². The van der Waals surface area contributed by atoms with Gasteiger partial charge >= 0.3 is 10.3 Å². The van der Waals surface area contributed by atoms with Crippen LogP contribution < -0.4 is 4.72 Å². The molecule has 0 unspecified atom stereocenters. The summed E-state index contributed by atoms with van der Waals surface area (Å²) in [5.41, 5.74) is 0.888. The van der Waals surface area contributed by atoms with Gasteiger partial charge in [0.25, 0.3) is 0 Å². The van der Waals surface area contributed by atoms with Gasteiger partial charge in [0, 0.05) is 37.4 Å². The van der Waals surface area contributed by atoms with E-state index in [4.69, 9.17) is 8.92 Å². The Kier molecular flexibility index (Phi) is 3.68. The molecule has 3 heterocycles. The molecule has 2 N–H and O–H groups in total. The Hall–Kier alpha value is -1.52. The highest BCUT2D eigenvalue weighted by Gasteiger charge is 2.38. The number of nitrogens with zero attached hydrogens (tertiary/aromatic N) is 2. The molecule has 2 aromatic heterocycles. The Bertz CT molecular complexity index is 744. The smallest absolute Gasteiger partial charge is 0.338 e. The number of rotatable bonds is 4. The molecule has 8 nitrogen and oxygen atoms in total. The predicted molar refractivity (Wildman–Crippen MR) is 73.3 cm³/mol. The molecule has 21 heavy (non-hydrogen) atoms. The Morgan fingerprint density at radius 2 is 2.33 bits per heavy atom. The van der Waals surface area contributed by atoms with Crippen LogP contribution in [-0.4, -0.2) is 42.5 Å². The first kappa shape index (κ1) is 14.4. The number of pyridine rings is 1. The lowest BCUT2D eigenvalue weighted by molar-refractivity contribution is -0.121. The third kappa shape index (κ3) is 2.78. The maximum atomic E-state index is 11.4. The zero-order valence-corrected chi connectivity index (χ0v) is 12.0. The second-order valence-electron chi connectivity index (χ2n) is 4.67. The van der Waals surface area contributed by atoms with Crippen molar-refractivity contribution in [2.45, 2.75) is 25.0 Å². The number of hydrogen-bond donors (Lipinski definition) is 2. The van der Waals surface area contributed by atoms with Crippen LogP contribution in [0.3, 0.4) is 0 Å². The lowest BCUT2D eigenvalue weighted by Gasteiger charge is -2.16. The van der Waals surface area contributed by atoms with Crippen molar-refractivity contribution in [3.8, 4) is 0 Å². The molecule has 3 atom stereocenters. The summed E-state index contributed by atoms with van der Waals surface area (Å²) in [6.45, 7) is 0. The van der Waals surface area contributed by atoms with Gasteiger partial charge in [-0.05, 0) is 12.1 Å². The van der Waals surface area contributed by atoms with E-state index in [2.05, 4.69) is 4.98 Å². The third-order valence-corrected chi connectivity index (χ3v) is 4.29. The Morgan fingerprint density at radius 1 is 1.52 bits per heavy atom. The van der Waals surface area contributed by atoms with Crippen LogP contribution in [0.5, 0.6) is 0 Å². The van der Waals surface area contributed by atoms with E-state index in [0.717, 1.165) is 10.9 Å². The Morgan fingerprint density at radius 3 is 3.10 bits per heavy atom. The summed E-state index contributed by atoms with van der Waals surface area (Å²) in [5.74, 6) is 0. The predicted octanol–water partition coefficient (Wildman–Crippen LogP) is 0.123. The van der Waals surface area contributed by atoms with Crippen LogP contribution in [0.25, 0.3) is 10.9 Å². The van der Waals surface area contributed by atoms with Crippen LogP contribution >= 0.6 is 0 Å². The van der Waals surface area contributed by atoms with E-state index in [9.17, 15) is 13.5 Å². The van der Waals surface area contributed by atoms with Gasteiger partial charge in [-0.3, -0.25) is 4.98 Å². The van der Waals surface area contributed by atoms with Gasteiger partial charge in [0.05, 0.1) is 5.52 Å². The molecule has 0 aliphatic carbocycles. The molecule has 0 radical (unpaired) electrons. The molecule has 0 saturated carbocycles. The number of hydrogen-bond acceptors (Lipinski definition) is 6. The fourth-order valence-corrected chi connectivity index (χ4v) is 2.83. The van der Waals surface area contributed by atoms with E-state index in [1.165, 1.54) is 7.05 Å². The first-order chi connectivity index (χ1) is 10.00. The fourth-order valence-electron chi connectivity index (χ4n) is 2.31. The molecule has 1 aliphatic rings. The van der Waals surface area contributed by atoms with Gasteiger partial charge in [-0.1, -0.05) is 0 Å². The maximum Gasteiger partial charge on any atom is 0.338 e. The van der Waals surface area contributed by atoms with Crippen LogP contribution in [0, 0.1) is 0 Å². The first-order valence-corrected chi connectivity index (χ1v) is 7.77. The van der Waals surface area contributed by atoms with Crippen molar-refractivity contribution in [1.29, 1.82) is 0 Å². The van der Waals surface area contributed by atoms with Gasteiger partial charge in [0.1, 0.15) is 12.3 Å². The van der Waals surface area contributed by atoms with Crippen LogP contribution in [-0.2, 0) is 19.2 Å². The monoisotopic (exact) mass is 313 g/mol. The second kappa shape index (κ2) is 5.35. The minimum atomic E-state index is -3.92. The Labute approximate surface area is 121 Å². The molecular formula is C12H15N3O5S. The van der Waals surface area contributed by atoms with E-state index < -0.39 is 28.9 Å². The highest BCUT2D eigenvalue weighted by molar-refractivity contribution is 7.84. The minimum absolute atomic E-state index is 0.232. The molecule has 9 heteroatoms. The molecule has 1 aliphatic heterocycles. The molecule has 114 valence electrons. The molecule has 0 spiro atoms. The van der Waals surface area contributed by atoms with Gasteiger partial charge in [0.2, 0.25) is 6.29 Å². The summed E-state index contributed by atoms with van der Waals surface area (Å²) in [7, 11) is -2.70. The SMILES string of the molecule is CNS(=O)(=O)O[C@H]1O[C@@H](n2ccc3cnccc32)C[C@@H]1O. The summed E-state index contributed by atoms with van der Waals surface area (Å²) in [5, 5.41) is 10.9. The maximum absolute atomic E-state index is 11.4. The molecule has 1 fully saturated rings. The summed E-state index contributed by atoms with van der Waals surface area (Å²) < 4.78 is 36.8. The van der Waals surface area contributed by atoms with Crippen molar-refractivity contribution in [3.05, 3.63) is 30.7 Å². The van der Waals surface area contributed by atoms with Crippen molar-refractivity contribution < 1.29 is 22.4 Å². The van der Waals surface area contributed by atoms with Crippen molar-refractivity contribution in [3.63, 3.8) is 0 Å². The van der Waals surface area contributed by atoms with E-state index in [1.807, 2.05) is 21.4 Å². The highest BCUT2D eigenvalue weighted by Crippen LogP contribution is 2.32. The van der Waals surface area contributed by atoms with Crippen LogP contribution in [0.15, 0.2) is 30.7 Å². The normalized spacial score (nSPS) is 26.5. The number of aliphatic hydroxyl groups excluding tert-OH is 1. The number of nitrogens with one attached hydrogen (secondary N) is 1. The highest BCUT2D eigenvalue weighted by atomic mass is 32.2. The van der Waals surface area contributed by atoms with E-state index >= 15 is 0 Å². The molecule has 0 amide bonds. The lowest BCUT2D eigenvalue weighted by Crippen LogP contribution is -2.32. The summed E-state index contributed by atoms with van der Waals surface area (Å²) in [4.78, 5) is 4.03. The van der Waals surface area contributed by atoms with Gasteiger partial charge in [-0.25, -0.2) is 4.18 Å². The van der Waals surface area contributed by atoms with Gasteiger partial charge < -0.3 is 14.4 Å². The second-order valence-corrected chi connectivity index (χ2v) is 6.18. The van der Waals surface area contributed by atoms with Gasteiger partial charge in [-0.2, -0.15) is 13.1 Å². The number of ether oxygens (including phenoxy) is 1. The molecule has 0 aromatic carbocycles. The lowest BCUT2D eigenvalue weighted by atomic mass is 10.2. The molecule has 2 aromatic rings. The zero-order chi connectivity index (χ0) is 15.0. The summed E-state index contributed by atoms with van der Waals surface area (Å²) in [6, 6.07) is 3.69. The van der Waals surface area contributed by atoms with Crippen molar-refractivity contribution >= 4 is 21.2 Å². The van der Waals surface area contributed by atoms with E-state index in [-0.39, 0.29) is 6.42 Å². The summed E-state index contributed by atoms with van der Waals surface area (Å²) in [6.07, 6.45) is 2.65. The number of aliphatic hydroxyl groups is 1. The molecule has 3 rings (SSSR count). The first-order valence-electron chi connectivity index (χ1n) is 6.36. The molecular weight excluding hydrogens is 298 g/mol. The number of aromatic nitrogens is 2.